The summed E-state index contributed by atoms with van der Waals surface area (Å²) in [4.78, 5) is 4.49. The highest BCUT2D eigenvalue weighted by molar-refractivity contribution is 5.84. The summed E-state index contributed by atoms with van der Waals surface area (Å²) in [5.74, 6) is 0.731. The molecule has 2 heterocycles. The molecule has 1 aromatic carbocycles. The summed E-state index contributed by atoms with van der Waals surface area (Å²) in [6.45, 7) is 8.14. The predicted molar refractivity (Wildman–Crippen MR) is 93.2 cm³/mol. The Morgan fingerprint density at radius 3 is 2.35 bits per heavy atom. The van der Waals surface area contributed by atoms with Gasteiger partial charge in [-0.05, 0) is 43.7 Å². The number of hydrogen-bond acceptors (Lipinski definition) is 3. The fraction of sp³-hybridized carbons (Fsp3) is 0.263. The zero-order valence-electron chi connectivity index (χ0n) is 14.2. The third-order valence-corrected chi connectivity index (χ3v) is 3.81. The topological polar surface area (TPSA) is 50.8 Å². The van der Waals surface area contributed by atoms with Gasteiger partial charge in [0.2, 0.25) is 0 Å². The predicted octanol–water partition coefficient (Wildman–Crippen LogP) is 4.55. The van der Waals surface area contributed by atoms with Gasteiger partial charge >= 0.3 is 0 Å². The number of benzene rings is 1. The first-order valence-corrected chi connectivity index (χ1v) is 7.68. The van der Waals surface area contributed by atoms with E-state index in [2.05, 4.69) is 29.5 Å². The molecule has 0 bridgehead atoms. The van der Waals surface area contributed by atoms with E-state index in [-0.39, 0.29) is 0 Å². The minimum Gasteiger partial charge on any atom is -0.495 e. The molecule has 0 saturated carbocycles. The number of aromatic nitrogens is 2. The Kier molecular flexibility index (Phi) is 5.02. The van der Waals surface area contributed by atoms with Gasteiger partial charge in [0.25, 0.3) is 0 Å². The Balaban J connectivity index is 0.000000924. The number of nitrogens with zero attached hydrogens (tertiary/aromatic N) is 3. The number of aryl methyl sites for hydroxylation is 1. The summed E-state index contributed by atoms with van der Waals surface area (Å²) in [6, 6.07) is 11.7. The van der Waals surface area contributed by atoms with Gasteiger partial charge < -0.3 is 9.30 Å². The average molecular weight is 307 g/mol. The lowest BCUT2D eigenvalue weighted by Gasteiger charge is -2.09. The van der Waals surface area contributed by atoms with Crippen molar-refractivity contribution < 1.29 is 4.74 Å². The Hall–Kier alpha value is -2.80. The second kappa shape index (κ2) is 6.97. The summed E-state index contributed by atoms with van der Waals surface area (Å²) in [7, 11) is 1.64. The van der Waals surface area contributed by atoms with Crippen molar-refractivity contribution in [1.29, 1.82) is 5.26 Å². The van der Waals surface area contributed by atoms with Gasteiger partial charge in [-0.25, -0.2) is 0 Å². The first-order chi connectivity index (χ1) is 11.2. The van der Waals surface area contributed by atoms with Crippen LogP contribution >= 0.6 is 0 Å². The molecule has 23 heavy (non-hydrogen) atoms. The molecule has 4 nitrogen and oxygen atoms in total. The first-order valence-electron chi connectivity index (χ1n) is 7.68. The van der Waals surface area contributed by atoms with E-state index in [0.29, 0.717) is 5.56 Å². The van der Waals surface area contributed by atoms with Crippen LogP contribution in [0.3, 0.4) is 0 Å². The molecule has 0 aliphatic carbocycles. The van der Waals surface area contributed by atoms with Gasteiger partial charge in [0, 0.05) is 17.4 Å². The molecular weight excluding hydrogens is 286 g/mol. The SMILES string of the molecule is CC.COc1cnc2c(C)c(C)n(-c3ccc(C#N)cc3)c2c1. The zero-order chi connectivity index (χ0) is 17.0. The van der Waals surface area contributed by atoms with Gasteiger partial charge in [-0.1, -0.05) is 13.8 Å². The largest absolute Gasteiger partial charge is 0.495 e. The molecule has 0 atom stereocenters. The fourth-order valence-electron chi connectivity index (χ4n) is 2.54. The van der Waals surface area contributed by atoms with E-state index in [9.17, 15) is 0 Å². The normalized spacial score (nSPS) is 9.91. The molecule has 118 valence electrons. The van der Waals surface area contributed by atoms with Crippen LogP contribution in [0.5, 0.6) is 5.75 Å². The molecule has 3 rings (SSSR count). The van der Waals surface area contributed by atoms with Crippen LogP contribution in [0, 0.1) is 25.2 Å². The molecule has 0 unspecified atom stereocenters. The number of fused-ring (bicyclic) bond motifs is 1. The molecule has 0 spiro atoms. The van der Waals surface area contributed by atoms with Gasteiger partial charge in [0.1, 0.15) is 5.75 Å². The highest BCUT2D eigenvalue weighted by Gasteiger charge is 2.14. The van der Waals surface area contributed by atoms with Crippen LogP contribution in [0.2, 0.25) is 0 Å². The van der Waals surface area contributed by atoms with Crippen LogP contribution in [0.15, 0.2) is 36.5 Å². The highest BCUT2D eigenvalue weighted by atomic mass is 16.5. The maximum Gasteiger partial charge on any atom is 0.139 e. The number of methoxy groups -OCH3 is 1. The number of nitriles is 1. The smallest absolute Gasteiger partial charge is 0.139 e. The third-order valence-electron chi connectivity index (χ3n) is 3.81. The second-order valence-corrected chi connectivity index (χ2v) is 4.95. The molecule has 0 saturated heterocycles. The van der Waals surface area contributed by atoms with Crippen LogP contribution in [0.4, 0.5) is 0 Å². The van der Waals surface area contributed by atoms with Crippen LogP contribution in [0.25, 0.3) is 16.7 Å². The van der Waals surface area contributed by atoms with Crippen molar-refractivity contribution in [2.75, 3.05) is 7.11 Å². The van der Waals surface area contributed by atoms with E-state index in [4.69, 9.17) is 10.00 Å². The summed E-state index contributed by atoms with van der Waals surface area (Å²) >= 11 is 0. The molecule has 0 aliphatic rings. The monoisotopic (exact) mass is 307 g/mol. The molecular formula is C19H21N3O. The van der Waals surface area contributed by atoms with Gasteiger partial charge in [0.15, 0.2) is 0 Å². The molecule has 4 heteroatoms. The molecule has 3 aromatic rings. The average Bonchev–Trinajstić information content (AvgIpc) is 2.87. The van der Waals surface area contributed by atoms with E-state index in [1.165, 1.54) is 0 Å². The fourth-order valence-corrected chi connectivity index (χ4v) is 2.54. The van der Waals surface area contributed by atoms with Crippen LogP contribution in [-0.4, -0.2) is 16.7 Å². The van der Waals surface area contributed by atoms with E-state index < -0.39 is 0 Å². The summed E-state index contributed by atoms with van der Waals surface area (Å²) in [5, 5.41) is 8.91. The van der Waals surface area contributed by atoms with Gasteiger partial charge in [0.05, 0.1) is 36.0 Å². The van der Waals surface area contributed by atoms with Crippen molar-refractivity contribution in [1.82, 2.24) is 9.55 Å². The Bertz CT molecular complexity index is 855. The van der Waals surface area contributed by atoms with Crippen molar-refractivity contribution >= 4 is 11.0 Å². The summed E-state index contributed by atoms with van der Waals surface area (Å²) < 4.78 is 7.42. The van der Waals surface area contributed by atoms with Crippen molar-refractivity contribution in [3.05, 3.63) is 53.3 Å². The molecule has 0 fully saturated rings. The molecule has 0 amide bonds. The minimum absolute atomic E-state index is 0.653. The van der Waals surface area contributed by atoms with E-state index in [0.717, 1.165) is 33.7 Å². The quantitative estimate of drug-likeness (QED) is 0.698. The van der Waals surface area contributed by atoms with Crippen LogP contribution < -0.4 is 4.74 Å². The van der Waals surface area contributed by atoms with Crippen molar-refractivity contribution in [3.8, 4) is 17.5 Å². The zero-order valence-corrected chi connectivity index (χ0v) is 14.2. The van der Waals surface area contributed by atoms with E-state index in [1.54, 1.807) is 13.3 Å². The Labute approximate surface area is 137 Å². The van der Waals surface area contributed by atoms with Crippen molar-refractivity contribution in [2.45, 2.75) is 27.7 Å². The second-order valence-electron chi connectivity index (χ2n) is 4.95. The lowest BCUT2D eigenvalue weighted by atomic mass is 10.2. The van der Waals surface area contributed by atoms with Gasteiger partial charge in [-0.15, -0.1) is 0 Å². The first kappa shape index (κ1) is 16.6. The van der Waals surface area contributed by atoms with E-state index >= 15 is 0 Å². The molecule has 0 radical (unpaired) electrons. The van der Waals surface area contributed by atoms with Crippen LogP contribution in [-0.2, 0) is 0 Å². The lowest BCUT2D eigenvalue weighted by Crippen LogP contribution is -1.97. The van der Waals surface area contributed by atoms with Gasteiger partial charge in [-0.2, -0.15) is 5.26 Å². The van der Waals surface area contributed by atoms with Gasteiger partial charge in [-0.3, -0.25) is 4.98 Å². The standard InChI is InChI=1S/C17H15N3O.C2H6/c1-11-12(2)20(14-6-4-13(9-18)5-7-14)16-8-15(21-3)10-19-17(11)16;1-2/h4-8,10H,1-3H3;1-2H3. The Morgan fingerprint density at radius 1 is 1.13 bits per heavy atom. The van der Waals surface area contributed by atoms with Crippen molar-refractivity contribution in [3.63, 3.8) is 0 Å². The maximum atomic E-state index is 8.91. The maximum absolute atomic E-state index is 8.91. The molecule has 0 N–H and O–H groups in total. The van der Waals surface area contributed by atoms with Crippen LogP contribution in [0.1, 0.15) is 30.7 Å². The summed E-state index contributed by atoms with van der Waals surface area (Å²) in [5.41, 5.74) is 5.93. The third kappa shape index (κ3) is 2.91. The Morgan fingerprint density at radius 2 is 1.78 bits per heavy atom. The van der Waals surface area contributed by atoms with Crippen molar-refractivity contribution in [2.24, 2.45) is 0 Å². The number of hydrogen-bond donors (Lipinski definition) is 0. The minimum atomic E-state index is 0.653. The number of ether oxygens (including phenoxy) is 1. The lowest BCUT2D eigenvalue weighted by molar-refractivity contribution is 0.413. The molecule has 2 aromatic heterocycles. The highest BCUT2D eigenvalue weighted by Crippen LogP contribution is 2.29. The molecule has 0 aliphatic heterocycles. The number of rotatable bonds is 2. The summed E-state index contributed by atoms with van der Waals surface area (Å²) in [6.07, 6.45) is 1.73. The number of pyridine rings is 1. The van der Waals surface area contributed by atoms with E-state index in [1.807, 2.05) is 44.2 Å².